The first kappa shape index (κ1) is 12.6. The standard InChI is InChI=1S/C15H15ClN2O/c1-9(19)15-11-7-10(16)3-4-13(11)17-14-5-6-18(2)8-12(14)15/h3-4,7H,5-6,8H2,1-2H3. The van der Waals surface area contributed by atoms with E-state index in [-0.39, 0.29) is 5.78 Å². The van der Waals surface area contributed by atoms with E-state index in [0.29, 0.717) is 5.02 Å². The summed E-state index contributed by atoms with van der Waals surface area (Å²) in [6, 6.07) is 5.56. The molecule has 19 heavy (non-hydrogen) atoms. The van der Waals surface area contributed by atoms with Crippen LogP contribution in [0.4, 0.5) is 0 Å². The highest BCUT2D eigenvalue weighted by Crippen LogP contribution is 2.29. The van der Waals surface area contributed by atoms with Gasteiger partial charge >= 0.3 is 0 Å². The van der Waals surface area contributed by atoms with Gasteiger partial charge < -0.3 is 4.90 Å². The number of likely N-dealkylation sites (N-methyl/N-ethyl adjacent to an activating group) is 1. The quantitative estimate of drug-likeness (QED) is 0.750. The summed E-state index contributed by atoms with van der Waals surface area (Å²) in [5.74, 6) is 0.0845. The highest BCUT2D eigenvalue weighted by molar-refractivity contribution is 6.31. The number of hydrogen-bond donors (Lipinski definition) is 0. The average Bonchev–Trinajstić information content (AvgIpc) is 2.35. The number of carbonyl (C=O) groups is 1. The van der Waals surface area contributed by atoms with Crippen molar-refractivity contribution in [3.8, 4) is 0 Å². The van der Waals surface area contributed by atoms with Crippen LogP contribution in [0.3, 0.4) is 0 Å². The Bertz CT molecular complexity index is 681. The van der Waals surface area contributed by atoms with Crippen molar-refractivity contribution in [3.05, 3.63) is 40.0 Å². The Morgan fingerprint density at radius 2 is 2.21 bits per heavy atom. The maximum absolute atomic E-state index is 12.1. The van der Waals surface area contributed by atoms with Gasteiger partial charge in [0.15, 0.2) is 5.78 Å². The van der Waals surface area contributed by atoms with Crippen molar-refractivity contribution in [2.24, 2.45) is 0 Å². The highest BCUT2D eigenvalue weighted by atomic mass is 35.5. The Morgan fingerprint density at radius 1 is 1.42 bits per heavy atom. The Labute approximate surface area is 117 Å². The Hall–Kier alpha value is -1.45. The minimum Gasteiger partial charge on any atom is -0.302 e. The molecule has 3 nitrogen and oxygen atoms in total. The van der Waals surface area contributed by atoms with E-state index in [2.05, 4.69) is 11.9 Å². The molecule has 4 heteroatoms. The summed E-state index contributed by atoms with van der Waals surface area (Å²) in [5, 5.41) is 1.51. The van der Waals surface area contributed by atoms with Crippen molar-refractivity contribution in [1.29, 1.82) is 0 Å². The molecular weight excluding hydrogens is 260 g/mol. The number of ketones is 1. The lowest BCUT2D eigenvalue weighted by molar-refractivity contribution is 0.101. The number of carbonyl (C=O) groups excluding carboxylic acids is 1. The second-order valence-corrected chi connectivity index (χ2v) is 5.55. The number of pyridine rings is 1. The molecule has 0 saturated carbocycles. The first-order valence-corrected chi connectivity index (χ1v) is 6.74. The molecule has 0 fully saturated rings. The van der Waals surface area contributed by atoms with E-state index in [0.717, 1.165) is 47.2 Å². The Kier molecular flexibility index (Phi) is 3.03. The van der Waals surface area contributed by atoms with Crippen molar-refractivity contribution in [2.45, 2.75) is 19.9 Å². The van der Waals surface area contributed by atoms with Crippen molar-refractivity contribution < 1.29 is 4.79 Å². The largest absolute Gasteiger partial charge is 0.302 e. The van der Waals surface area contributed by atoms with E-state index in [1.165, 1.54) is 0 Å². The molecular formula is C15H15ClN2O. The van der Waals surface area contributed by atoms with Crippen LogP contribution in [-0.4, -0.2) is 29.3 Å². The summed E-state index contributed by atoms with van der Waals surface area (Å²) >= 11 is 6.06. The zero-order valence-corrected chi connectivity index (χ0v) is 11.8. The molecule has 0 aliphatic carbocycles. The van der Waals surface area contributed by atoms with E-state index in [4.69, 9.17) is 16.6 Å². The fourth-order valence-corrected chi connectivity index (χ4v) is 2.92. The maximum atomic E-state index is 12.1. The molecule has 1 aromatic heterocycles. The molecule has 0 spiro atoms. The molecule has 0 bridgehead atoms. The number of fused-ring (bicyclic) bond motifs is 2. The monoisotopic (exact) mass is 274 g/mol. The molecule has 2 aromatic rings. The van der Waals surface area contributed by atoms with Crippen molar-refractivity contribution >= 4 is 28.3 Å². The van der Waals surface area contributed by atoms with Gasteiger partial charge in [-0.15, -0.1) is 0 Å². The predicted molar refractivity (Wildman–Crippen MR) is 76.8 cm³/mol. The third-order valence-electron chi connectivity index (χ3n) is 3.64. The minimum atomic E-state index is 0.0845. The number of nitrogens with zero attached hydrogens (tertiary/aromatic N) is 2. The van der Waals surface area contributed by atoms with Gasteiger partial charge in [-0.3, -0.25) is 9.78 Å². The molecule has 0 radical (unpaired) electrons. The van der Waals surface area contributed by atoms with Gasteiger partial charge in [-0.05, 0) is 37.7 Å². The maximum Gasteiger partial charge on any atom is 0.160 e. The molecule has 0 saturated heterocycles. The molecule has 3 rings (SSSR count). The van der Waals surface area contributed by atoms with E-state index in [9.17, 15) is 4.79 Å². The summed E-state index contributed by atoms with van der Waals surface area (Å²) in [5.41, 5.74) is 3.76. The van der Waals surface area contributed by atoms with Crippen LogP contribution in [0.15, 0.2) is 18.2 Å². The van der Waals surface area contributed by atoms with E-state index >= 15 is 0 Å². The van der Waals surface area contributed by atoms with Gasteiger partial charge in [0.25, 0.3) is 0 Å². The van der Waals surface area contributed by atoms with Gasteiger partial charge in [-0.25, -0.2) is 0 Å². The van der Waals surface area contributed by atoms with Crippen molar-refractivity contribution in [2.75, 3.05) is 13.6 Å². The molecule has 0 amide bonds. The topological polar surface area (TPSA) is 33.2 Å². The van der Waals surface area contributed by atoms with Crippen LogP contribution in [-0.2, 0) is 13.0 Å². The van der Waals surface area contributed by atoms with Crippen LogP contribution in [0.1, 0.15) is 28.5 Å². The zero-order valence-electron chi connectivity index (χ0n) is 11.0. The van der Waals surface area contributed by atoms with Crippen LogP contribution in [0.2, 0.25) is 5.02 Å². The third-order valence-corrected chi connectivity index (χ3v) is 3.88. The summed E-state index contributed by atoms with van der Waals surface area (Å²) in [6.07, 6.45) is 0.894. The first-order valence-electron chi connectivity index (χ1n) is 6.37. The Morgan fingerprint density at radius 3 is 2.95 bits per heavy atom. The van der Waals surface area contributed by atoms with Gasteiger partial charge in [0.2, 0.25) is 0 Å². The second kappa shape index (κ2) is 4.58. The van der Waals surface area contributed by atoms with Crippen LogP contribution >= 0.6 is 11.6 Å². The number of rotatable bonds is 1. The SMILES string of the molecule is CC(=O)c1c2c(nc3ccc(Cl)cc13)CCN(C)C2. The highest BCUT2D eigenvalue weighted by Gasteiger charge is 2.22. The summed E-state index contributed by atoms with van der Waals surface area (Å²) in [7, 11) is 2.06. The zero-order chi connectivity index (χ0) is 13.6. The fraction of sp³-hybridized carbons (Fsp3) is 0.333. The summed E-state index contributed by atoms with van der Waals surface area (Å²) in [4.78, 5) is 19.0. The van der Waals surface area contributed by atoms with Gasteiger partial charge in [-0.1, -0.05) is 11.6 Å². The van der Waals surface area contributed by atoms with Crippen molar-refractivity contribution in [1.82, 2.24) is 9.88 Å². The van der Waals surface area contributed by atoms with Gasteiger partial charge in [0, 0.05) is 41.2 Å². The lowest BCUT2D eigenvalue weighted by atomic mass is 9.94. The lowest BCUT2D eigenvalue weighted by Gasteiger charge is -2.26. The predicted octanol–water partition coefficient (Wildman–Crippen LogP) is 3.08. The third kappa shape index (κ3) is 2.13. The number of hydrogen-bond acceptors (Lipinski definition) is 3. The van der Waals surface area contributed by atoms with E-state index < -0.39 is 0 Å². The van der Waals surface area contributed by atoms with Crippen LogP contribution in [0.5, 0.6) is 0 Å². The normalized spacial score (nSPS) is 15.5. The average molecular weight is 275 g/mol. The summed E-state index contributed by atoms with van der Waals surface area (Å²) < 4.78 is 0. The lowest BCUT2D eigenvalue weighted by Crippen LogP contribution is -2.29. The van der Waals surface area contributed by atoms with Crippen molar-refractivity contribution in [3.63, 3.8) is 0 Å². The number of Topliss-reactive ketones (excluding diaryl/α,β-unsaturated/α-hetero) is 1. The number of halogens is 1. The fourth-order valence-electron chi connectivity index (χ4n) is 2.75. The molecule has 0 N–H and O–H groups in total. The molecule has 0 atom stereocenters. The summed E-state index contributed by atoms with van der Waals surface area (Å²) in [6.45, 7) is 3.38. The molecule has 1 aromatic carbocycles. The number of benzene rings is 1. The van der Waals surface area contributed by atoms with Gasteiger partial charge in [0.05, 0.1) is 5.52 Å². The van der Waals surface area contributed by atoms with E-state index in [1.54, 1.807) is 6.92 Å². The van der Waals surface area contributed by atoms with E-state index in [1.807, 2.05) is 18.2 Å². The molecule has 98 valence electrons. The van der Waals surface area contributed by atoms with Crippen LogP contribution in [0, 0.1) is 0 Å². The minimum absolute atomic E-state index is 0.0845. The molecule has 0 unspecified atom stereocenters. The Balaban J connectivity index is 2.37. The van der Waals surface area contributed by atoms with Crippen LogP contribution < -0.4 is 0 Å². The second-order valence-electron chi connectivity index (χ2n) is 5.12. The first-order chi connectivity index (χ1) is 9.06. The van der Waals surface area contributed by atoms with Gasteiger partial charge in [-0.2, -0.15) is 0 Å². The molecule has 1 aliphatic rings. The smallest absolute Gasteiger partial charge is 0.160 e. The molecule has 1 aliphatic heterocycles. The molecule has 2 heterocycles. The van der Waals surface area contributed by atoms with Crippen LogP contribution in [0.25, 0.3) is 10.9 Å². The van der Waals surface area contributed by atoms with Gasteiger partial charge in [0.1, 0.15) is 0 Å². The number of aromatic nitrogens is 1.